The van der Waals surface area contributed by atoms with Crippen molar-refractivity contribution in [2.24, 2.45) is 17.8 Å². The summed E-state index contributed by atoms with van der Waals surface area (Å²) in [4.78, 5) is 32.3. The maximum absolute atomic E-state index is 13.1. The fraction of sp³-hybridized carbons (Fsp3) is 0.674. The molecule has 2 fully saturated rings. The second-order valence-electron chi connectivity index (χ2n) is 16.6. The van der Waals surface area contributed by atoms with Crippen LogP contribution in [0, 0.1) is 17.8 Å². The van der Waals surface area contributed by atoms with E-state index in [-0.39, 0.29) is 30.3 Å². The van der Waals surface area contributed by atoms with Crippen LogP contribution in [0.15, 0.2) is 54.3 Å². The summed E-state index contributed by atoms with van der Waals surface area (Å²) in [5.41, 5.74) is 1.98. The molecule has 0 aliphatic carbocycles. The van der Waals surface area contributed by atoms with E-state index in [0.717, 1.165) is 61.7 Å². The van der Waals surface area contributed by atoms with Crippen LogP contribution in [0.1, 0.15) is 113 Å². The minimum atomic E-state index is -1.07. The number of carbonyl (C=O) groups is 2. The average molecular weight is 813 g/mol. The van der Waals surface area contributed by atoms with E-state index in [1.54, 1.807) is 21.0 Å². The molecule has 0 saturated carbocycles. The zero-order valence-corrected chi connectivity index (χ0v) is 37.5. The lowest BCUT2D eigenvalue weighted by atomic mass is 9.79. The summed E-state index contributed by atoms with van der Waals surface area (Å²) in [7, 11) is 5.76. The largest absolute Gasteiger partial charge is 0.461 e. The van der Waals surface area contributed by atoms with E-state index < -0.39 is 35.9 Å². The highest BCUT2D eigenvalue weighted by Gasteiger charge is 2.42. The van der Waals surface area contributed by atoms with Gasteiger partial charge in [-0.2, -0.15) is 0 Å². The van der Waals surface area contributed by atoms with Gasteiger partial charge in [0.15, 0.2) is 12.0 Å². The van der Waals surface area contributed by atoms with Crippen LogP contribution in [0.2, 0.25) is 0 Å². The first kappa shape index (κ1) is 51.1. The number of benzene rings is 1. The molecule has 2 aliphatic heterocycles. The van der Waals surface area contributed by atoms with Gasteiger partial charge < -0.3 is 39.4 Å². The van der Waals surface area contributed by atoms with Crippen molar-refractivity contribution >= 4 is 28.7 Å². The van der Waals surface area contributed by atoms with E-state index >= 15 is 0 Å². The van der Waals surface area contributed by atoms with Crippen LogP contribution >= 0.6 is 0 Å². The van der Waals surface area contributed by atoms with Gasteiger partial charge in [0, 0.05) is 43.6 Å². The lowest BCUT2D eigenvalue weighted by Gasteiger charge is -2.43. The van der Waals surface area contributed by atoms with Crippen LogP contribution in [0.5, 0.6) is 0 Å². The van der Waals surface area contributed by atoms with E-state index in [1.165, 1.54) is 12.0 Å². The van der Waals surface area contributed by atoms with E-state index in [2.05, 4.69) is 78.6 Å². The third kappa shape index (κ3) is 17.6. The fourth-order valence-electron chi connectivity index (χ4n) is 7.34. The lowest BCUT2D eigenvalue weighted by molar-refractivity contribution is -0.325. The number of carbonyl (C=O) groups excluding carboxylic acids is 2. The van der Waals surface area contributed by atoms with Crippen molar-refractivity contribution in [3.05, 3.63) is 59.8 Å². The van der Waals surface area contributed by atoms with Crippen molar-refractivity contribution in [1.29, 1.82) is 0 Å². The van der Waals surface area contributed by atoms with Crippen LogP contribution in [-0.2, 0) is 28.5 Å². The van der Waals surface area contributed by atoms with Gasteiger partial charge in [0.05, 0.1) is 17.2 Å². The smallest absolute Gasteiger partial charge is 0.316 e. The predicted octanol–water partition coefficient (Wildman–Crippen LogP) is 7.23. The Balaban J connectivity index is 0.000000699. The number of aliphatic hydroxyl groups excluding tert-OH is 2. The van der Waals surface area contributed by atoms with Gasteiger partial charge in [0.2, 0.25) is 6.41 Å². The van der Waals surface area contributed by atoms with Crippen molar-refractivity contribution in [3.63, 3.8) is 0 Å². The first-order valence-electron chi connectivity index (χ1n) is 21.2. The number of aliphatic hydroxyl groups is 2. The number of allylic oxidation sites excluding steroid dienone is 1. The molecule has 4 N–H and O–H groups in total. The van der Waals surface area contributed by atoms with Gasteiger partial charge in [-0.3, -0.25) is 14.6 Å². The van der Waals surface area contributed by atoms with Gasteiger partial charge in [0.1, 0.15) is 18.3 Å². The van der Waals surface area contributed by atoms with Gasteiger partial charge >= 0.3 is 5.97 Å². The Labute approximate surface area is 349 Å². The third-order valence-corrected chi connectivity index (χ3v) is 10.7. The Morgan fingerprint density at radius 3 is 2.38 bits per heavy atom. The van der Waals surface area contributed by atoms with Crippen LogP contribution in [-0.4, -0.2) is 109 Å². The second kappa shape index (κ2) is 25.5. The first-order chi connectivity index (χ1) is 27.4. The number of nitrogens with one attached hydrogen (secondary N) is 2. The summed E-state index contributed by atoms with van der Waals surface area (Å²) in [5, 5.41) is 25.9. The maximum Gasteiger partial charge on any atom is 0.316 e. The summed E-state index contributed by atoms with van der Waals surface area (Å²) < 4.78 is 21.6. The molecule has 3 heterocycles. The predicted molar refractivity (Wildman–Crippen MR) is 233 cm³/mol. The van der Waals surface area contributed by atoms with Crippen molar-refractivity contribution in [3.8, 4) is 0 Å². The number of para-hydroxylation sites is 1. The molecule has 1 aromatic carbocycles. The molecule has 5 unspecified atom stereocenters. The summed E-state index contributed by atoms with van der Waals surface area (Å²) in [6.07, 6.45) is 13.1. The molecule has 0 radical (unpaired) electrons. The molecule has 0 amide bonds. The summed E-state index contributed by atoms with van der Waals surface area (Å²) in [6.45, 7) is 19.3. The molecule has 58 heavy (non-hydrogen) atoms. The Bertz CT molecular complexity index is 1570. The highest BCUT2D eigenvalue weighted by Crippen LogP contribution is 2.33. The van der Waals surface area contributed by atoms with E-state index in [9.17, 15) is 19.8 Å². The van der Waals surface area contributed by atoms with Crippen LogP contribution in [0.3, 0.4) is 0 Å². The summed E-state index contributed by atoms with van der Waals surface area (Å²) in [6, 6.07) is 10.7. The summed E-state index contributed by atoms with van der Waals surface area (Å²) >= 11 is 0. The quantitative estimate of drug-likeness (QED) is 0.0490. The van der Waals surface area contributed by atoms with E-state index in [0.29, 0.717) is 12.5 Å². The number of rotatable bonds is 19. The van der Waals surface area contributed by atoms with Gasteiger partial charge in [-0.05, 0) is 104 Å². The minimum Gasteiger partial charge on any atom is -0.461 e. The maximum atomic E-state index is 13.1. The van der Waals surface area contributed by atoms with Gasteiger partial charge in [-0.15, -0.1) is 0 Å². The highest BCUT2D eigenvalue weighted by atomic mass is 16.7. The molecule has 0 bridgehead atoms. The highest BCUT2D eigenvalue weighted by molar-refractivity contribution is 5.99. The molecular weight excluding hydrogens is 737 g/mol. The average Bonchev–Trinajstić information content (AvgIpc) is 3.16. The number of hydrogen-bond acceptors (Lipinski definition) is 12. The van der Waals surface area contributed by atoms with Gasteiger partial charge in [-0.25, -0.2) is 5.32 Å². The molecule has 2 aromatic rings. The molecule has 1 aromatic heterocycles. The molecule has 2 saturated heterocycles. The molecule has 2 aliphatic rings. The van der Waals surface area contributed by atoms with Crippen molar-refractivity contribution < 1.29 is 38.7 Å². The third-order valence-electron chi connectivity index (χ3n) is 10.7. The van der Waals surface area contributed by atoms with E-state index in [4.69, 9.17) is 18.9 Å². The zero-order chi connectivity index (χ0) is 43.5. The number of hydrogen-bond donors (Lipinski definition) is 4. The van der Waals surface area contributed by atoms with Crippen LogP contribution in [0.4, 0.5) is 0 Å². The molecule has 4 rings (SSSR count). The standard InChI is InChI=1S/C35H51N3O6.C8H17NO2.C3H8/c1-8-28(16-18-36-17-12-11-13-27-19-29-14-9-10-15-30(29)37-22-27)24(2)20-34(5,42-7)21-25(3)31(39)26(4)32(40)43-23-35(6)38-33(41)44-35;1-6-4-7(9(2)3)5-8(10)11-6;1-3-2/h9-11,13-16,19,22,24-26,33,36,38,41H,8,12,17-18,20-21,23H2,1-7H3;6-8,10H,4-5H2,1-3H3;3H2,1-2H3/b13-11+,28-16-;;/t24-,25-,26?,33?,34-,35-;;/m1../s1. The van der Waals surface area contributed by atoms with Crippen LogP contribution in [0.25, 0.3) is 17.0 Å². The number of methoxy groups -OCH3 is 1. The Kier molecular flexibility index (Phi) is 22.5. The fourth-order valence-corrected chi connectivity index (χ4v) is 7.34. The molecule has 9 atom stereocenters. The number of aromatic nitrogens is 1. The number of nitrogens with zero attached hydrogens (tertiary/aromatic N) is 2. The number of ketones is 1. The van der Waals surface area contributed by atoms with Gasteiger partial charge in [-0.1, -0.05) is 83.0 Å². The molecule has 328 valence electrons. The monoisotopic (exact) mass is 813 g/mol. The molecule has 0 spiro atoms. The number of esters is 1. The number of Topliss-reactive ketones (excluding diaryl/α,β-unsaturated/α-hetero) is 1. The SMILES string of the molecule is CC/C(=C/CNCC/C=C/c1cnc2ccccc2c1)[C@H](C)C[C@](C)(C[C@@H](C)C(=O)C(C)C(=O)OC[C@]1(C)NC(O)O1)OC.CC1CC(N(C)C)CC(O)O1.CCC. The molecule has 12 heteroatoms. The van der Waals surface area contributed by atoms with Crippen molar-refractivity contribution in [2.75, 3.05) is 40.9 Å². The first-order valence-corrected chi connectivity index (χ1v) is 21.2. The Hall–Kier alpha value is -3.07. The van der Waals surface area contributed by atoms with Crippen molar-refractivity contribution in [1.82, 2.24) is 20.5 Å². The Morgan fingerprint density at radius 2 is 1.78 bits per heavy atom. The Morgan fingerprint density at radius 1 is 1.12 bits per heavy atom. The van der Waals surface area contributed by atoms with Crippen molar-refractivity contribution in [2.45, 2.75) is 143 Å². The topological polar surface area (TPSA) is 152 Å². The summed E-state index contributed by atoms with van der Waals surface area (Å²) in [5.74, 6) is -1.82. The second-order valence-corrected chi connectivity index (χ2v) is 16.6. The van der Waals surface area contributed by atoms with E-state index in [1.807, 2.05) is 59.3 Å². The zero-order valence-electron chi connectivity index (χ0n) is 37.5. The lowest BCUT2D eigenvalue weighted by Crippen LogP contribution is -2.67. The van der Waals surface area contributed by atoms with Gasteiger partial charge in [0.25, 0.3) is 0 Å². The van der Waals surface area contributed by atoms with Crippen LogP contribution < -0.4 is 10.6 Å². The molecular formula is C46H76N4O8. The number of ether oxygens (including phenoxy) is 4. The molecule has 12 nitrogen and oxygen atoms in total. The minimum absolute atomic E-state index is 0.0943. The normalized spacial score (nSPS) is 24.7. The number of fused-ring (bicyclic) bond motifs is 1. The number of pyridine rings is 1.